The molecule has 0 spiro atoms. The minimum atomic E-state index is -1.11. The number of alkyl halides is 2. The molecule has 2 saturated carbocycles. The van der Waals surface area contributed by atoms with Crippen molar-refractivity contribution in [2.75, 3.05) is 13.7 Å². The Morgan fingerprint density at radius 1 is 1.27 bits per heavy atom. The second-order valence-electron chi connectivity index (χ2n) is 6.45. The van der Waals surface area contributed by atoms with Crippen LogP contribution in [0.3, 0.4) is 0 Å². The van der Waals surface area contributed by atoms with Gasteiger partial charge in [-0.3, -0.25) is 9.59 Å². The van der Waals surface area contributed by atoms with Crippen LogP contribution >= 0.6 is 23.2 Å². The Morgan fingerprint density at radius 2 is 1.82 bits per heavy atom. The normalized spacial score (nSPS) is 28.3. The summed E-state index contributed by atoms with van der Waals surface area (Å²) in [5, 5.41) is 9.46. The zero-order valence-corrected chi connectivity index (χ0v) is 14.3. The summed E-state index contributed by atoms with van der Waals surface area (Å²) in [6, 6.07) is 2.26. The summed E-state index contributed by atoms with van der Waals surface area (Å²) in [6.45, 7) is 1.22. The first-order valence-electron chi connectivity index (χ1n) is 7.41. The van der Waals surface area contributed by atoms with Crippen LogP contribution in [0.1, 0.15) is 45.4 Å². The highest BCUT2D eigenvalue weighted by Gasteiger charge is 2.69. The second-order valence-corrected chi connectivity index (χ2v) is 7.93. The first kappa shape index (κ1) is 17.4. The molecule has 122 valence electrons. The SMILES string of the molecule is CN(C(=O)COC(=O)C1(C)CC1(Cl)Cl)C1(C#N)CCCCC1. The predicted molar refractivity (Wildman–Crippen MR) is 82.3 cm³/mol. The Bertz CT molecular complexity index is 523. The van der Waals surface area contributed by atoms with Crippen molar-refractivity contribution in [2.45, 2.75) is 55.3 Å². The number of rotatable bonds is 4. The maximum Gasteiger partial charge on any atom is 0.315 e. The van der Waals surface area contributed by atoms with E-state index in [4.69, 9.17) is 27.9 Å². The van der Waals surface area contributed by atoms with E-state index >= 15 is 0 Å². The molecule has 1 unspecified atom stereocenters. The number of hydrogen-bond donors (Lipinski definition) is 0. The van der Waals surface area contributed by atoms with E-state index < -0.39 is 27.9 Å². The third-order valence-electron chi connectivity index (χ3n) is 4.94. The van der Waals surface area contributed by atoms with E-state index in [2.05, 4.69) is 6.07 Å². The number of carbonyl (C=O) groups is 2. The van der Waals surface area contributed by atoms with Gasteiger partial charge in [-0.25, -0.2) is 0 Å². The number of amides is 1. The molecule has 2 fully saturated rings. The zero-order chi connectivity index (χ0) is 16.6. The summed E-state index contributed by atoms with van der Waals surface area (Å²) in [7, 11) is 1.59. The van der Waals surface area contributed by atoms with Crippen molar-refractivity contribution in [1.29, 1.82) is 5.26 Å². The maximum absolute atomic E-state index is 12.3. The van der Waals surface area contributed by atoms with Gasteiger partial charge in [-0.05, 0) is 19.8 Å². The van der Waals surface area contributed by atoms with E-state index in [0.717, 1.165) is 19.3 Å². The van der Waals surface area contributed by atoms with E-state index in [0.29, 0.717) is 19.3 Å². The molecule has 1 atom stereocenters. The lowest BCUT2D eigenvalue weighted by Gasteiger charge is -2.38. The first-order valence-corrected chi connectivity index (χ1v) is 8.17. The third kappa shape index (κ3) is 2.91. The summed E-state index contributed by atoms with van der Waals surface area (Å²) < 4.78 is 3.94. The minimum absolute atomic E-state index is 0.314. The Balaban J connectivity index is 1.92. The summed E-state index contributed by atoms with van der Waals surface area (Å²) in [5.41, 5.74) is -1.74. The van der Waals surface area contributed by atoms with Gasteiger partial charge < -0.3 is 9.64 Å². The number of esters is 1. The average Bonchev–Trinajstić information content (AvgIpc) is 3.04. The van der Waals surface area contributed by atoms with Crippen molar-refractivity contribution in [1.82, 2.24) is 4.90 Å². The first-order chi connectivity index (χ1) is 10.2. The van der Waals surface area contributed by atoms with Crippen LogP contribution < -0.4 is 0 Å². The molecule has 0 bridgehead atoms. The fraction of sp³-hybridized carbons (Fsp3) is 0.800. The fourth-order valence-electron chi connectivity index (χ4n) is 2.90. The van der Waals surface area contributed by atoms with Crippen molar-refractivity contribution in [3.63, 3.8) is 0 Å². The van der Waals surface area contributed by atoms with Gasteiger partial charge >= 0.3 is 5.97 Å². The van der Waals surface area contributed by atoms with Crippen LogP contribution in [-0.4, -0.2) is 40.3 Å². The molecule has 0 radical (unpaired) electrons. The van der Waals surface area contributed by atoms with Crippen LogP contribution in [0.4, 0.5) is 0 Å². The van der Waals surface area contributed by atoms with Crippen molar-refractivity contribution in [3.8, 4) is 6.07 Å². The molecule has 0 aromatic heterocycles. The molecule has 22 heavy (non-hydrogen) atoms. The quantitative estimate of drug-likeness (QED) is 0.579. The van der Waals surface area contributed by atoms with Crippen LogP contribution in [0.2, 0.25) is 0 Å². The third-order valence-corrected chi connectivity index (χ3v) is 6.04. The zero-order valence-electron chi connectivity index (χ0n) is 12.8. The largest absolute Gasteiger partial charge is 0.455 e. The number of nitriles is 1. The molecule has 7 heteroatoms. The Hall–Kier alpha value is -0.990. The Kier molecular flexibility index (Phi) is 4.66. The standard InChI is InChI=1S/C15H20Cl2N2O3/c1-13(9-15(13,16)17)12(21)22-8-11(20)19(2)14(10-18)6-4-3-5-7-14/h3-9H2,1-2H3. The van der Waals surface area contributed by atoms with Crippen LogP contribution in [-0.2, 0) is 14.3 Å². The summed E-state index contributed by atoms with van der Waals surface area (Å²) in [6.07, 6.45) is 4.54. The monoisotopic (exact) mass is 346 g/mol. The molecule has 0 aromatic rings. The molecule has 2 aliphatic rings. The number of likely N-dealkylation sites (N-methyl/N-ethyl adjacent to an activating group) is 1. The van der Waals surface area contributed by atoms with Gasteiger partial charge in [0.25, 0.3) is 5.91 Å². The summed E-state index contributed by atoms with van der Waals surface area (Å²) in [5.74, 6) is -0.954. The van der Waals surface area contributed by atoms with Gasteiger partial charge in [0, 0.05) is 13.5 Å². The number of carbonyl (C=O) groups excluding carboxylic acids is 2. The van der Waals surface area contributed by atoms with E-state index in [1.807, 2.05) is 0 Å². The molecule has 0 N–H and O–H groups in total. The molecule has 2 aliphatic carbocycles. The fourth-order valence-corrected chi connectivity index (χ4v) is 3.59. The average molecular weight is 347 g/mol. The lowest BCUT2D eigenvalue weighted by atomic mass is 9.81. The highest BCUT2D eigenvalue weighted by molar-refractivity contribution is 6.53. The lowest BCUT2D eigenvalue weighted by Crippen LogP contribution is -2.51. The van der Waals surface area contributed by atoms with E-state index in [1.165, 1.54) is 4.90 Å². The Labute approximate surface area is 140 Å². The summed E-state index contributed by atoms with van der Waals surface area (Å²) in [4.78, 5) is 25.6. The number of halogens is 2. The van der Waals surface area contributed by atoms with E-state index in [-0.39, 0.29) is 5.91 Å². The minimum Gasteiger partial charge on any atom is -0.455 e. The van der Waals surface area contributed by atoms with Crippen LogP contribution in [0.25, 0.3) is 0 Å². The molecule has 1 amide bonds. The van der Waals surface area contributed by atoms with Gasteiger partial charge in [-0.1, -0.05) is 19.3 Å². The van der Waals surface area contributed by atoms with Gasteiger partial charge in [-0.2, -0.15) is 5.26 Å². The summed E-state index contributed by atoms with van der Waals surface area (Å²) >= 11 is 11.8. The topological polar surface area (TPSA) is 70.4 Å². The van der Waals surface area contributed by atoms with E-state index in [9.17, 15) is 14.9 Å². The van der Waals surface area contributed by atoms with E-state index in [1.54, 1.807) is 14.0 Å². The molecule has 0 heterocycles. The predicted octanol–water partition coefficient (Wildman–Crippen LogP) is 2.80. The lowest BCUT2D eigenvalue weighted by molar-refractivity contribution is -0.157. The Morgan fingerprint density at radius 3 is 2.27 bits per heavy atom. The van der Waals surface area contributed by atoms with Gasteiger partial charge in [0.15, 0.2) is 6.61 Å². The maximum atomic E-state index is 12.3. The highest BCUT2D eigenvalue weighted by Crippen LogP contribution is 2.64. The number of hydrogen-bond acceptors (Lipinski definition) is 4. The van der Waals surface area contributed by atoms with Gasteiger partial charge in [0.05, 0.1) is 6.07 Å². The number of nitrogens with zero attached hydrogens (tertiary/aromatic N) is 2. The molecule has 0 aromatic carbocycles. The molecule has 0 aliphatic heterocycles. The highest BCUT2D eigenvalue weighted by atomic mass is 35.5. The van der Waals surface area contributed by atoms with Gasteiger partial charge in [0.2, 0.25) is 0 Å². The molecular formula is C15H20Cl2N2O3. The van der Waals surface area contributed by atoms with Crippen molar-refractivity contribution in [3.05, 3.63) is 0 Å². The van der Waals surface area contributed by atoms with Crippen LogP contribution in [0, 0.1) is 16.7 Å². The molecule has 5 nitrogen and oxygen atoms in total. The van der Waals surface area contributed by atoms with Crippen LogP contribution in [0.5, 0.6) is 0 Å². The smallest absolute Gasteiger partial charge is 0.315 e. The number of ether oxygens (including phenoxy) is 1. The van der Waals surface area contributed by atoms with Crippen molar-refractivity contribution >= 4 is 35.1 Å². The van der Waals surface area contributed by atoms with Crippen molar-refractivity contribution < 1.29 is 14.3 Å². The van der Waals surface area contributed by atoms with Crippen LogP contribution in [0.15, 0.2) is 0 Å². The molecular weight excluding hydrogens is 327 g/mol. The molecule has 0 saturated heterocycles. The molecule has 2 rings (SSSR count). The van der Waals surface area contributed by atoms with Gasteiger partial charge in [0.1, 0.15) is 15.3 Å². The second kappa shape index (κ2) is 5.90. The van der Waals surface area contributed by atoms with Gasteiger partial charge in [-0.15, -0.1) is 23.2 Å². The van der Waals surface area contributed by atoms with Crippen molar-refractivity contribution in [2.24, 2.45) is 5.41 Å².